The maximum absolute atomic E-state index is 13.2. The largest absolute Gasteiger partial charge is 0.467 e. The van der Waals surface area contributed by atoms with Gasteiger partial charge in [-0.1, -0.05) is 23.7 Å². The van der Waals surface area contributed by atoms with E-state index in [0.29, 0.717) is 22.8 Å². The molecule has 2 aromatic carbocycles. The maximum atomic E-state index is 13.2. The first-order valence-electron chi connectivity index (χ1n) is 12.1. The molecule has 3 heterocycles. The van der Waals surface area contributed by atoms with Gasteiger partial charge in [0.2, 0.25) is 0 Å². The van der Waals surface area contributed by atoms with Crippen LogP contribution in [0.25, 0.3) is 10.9 Å². The highest BCUT2D eigenvalue weighted by Crippen LogP contribution is 2.34. The van der Waals surface area contributed by atoms with Crippen molar-refractivity contribution in [3.05, 3.63) is 94.0 Å². The Morgan fingerprint density at radius 3 is 2.75 bits per heavy atom. The number of H-pyrrole nitrogens is 1. The first kappa shape index (κ1) is 22.6. The third-order valence-electron chi connectivity index (χ3n) is 6.88. The molecule has 8 heteroatoms. The lowest BCUT2D eigenvalue weighted by molar-refractivity contribution is -0.136. The number of fused-ring (bicyclic) bond motifs is 3. The maximum Gasteiger partial charge on any atom is 0.338 e. The van der Waals surface area contributed by atoms with Crippen molar-refractivity contribution in [1.29, 1.82) is 0 Å². The molecule has 2 aromatic heterocycles. The summed E-state index contributed by atoms with van der Waals surface area (Å²) < 4.78 is 11.0. The van der Waals surface area contributed by atoms with E-state index in [-0.39, 0.29) is 0 Å². The minimum atomic E-state index is -0.536. The van der Waals surface area contributed by atoms with E-state index < -0.39 is 24.5 Å². The summed E-state index contributed by atoms with van der Waals surface area (Å²) in [5, 5.41) is 7.59. The Hall–Kier alpha value is -3.84. The summed E-state index contributed by atoms with van der Waals surface area (Å²) in [7, 11) is 0. The van der Waals surface area contributed by atoms with E-state index in [1.165, 1.54) is 22.7 Å². The van der Waals surface area contributed by atoms with Crippen LogP contribution in [0, 0.1) is 0 Å². The fraction of sp³-hybridized carbons (Fsp3) is 0.250. The average Bonchev–Trinajstić information content (AvgIpc) is 3.65. The first-order chi connectivity index (χ1) is 17.6. The number of ether oxygens (including phenoxy) is 1. The number of hydrogen-bond acceptors (Lipinski definition) is 5. The molecule has 0 radical (unpaired) electrons. The number of nitrogens with one attached hydrogen (secondary N) is 1. The second-order valence-corrected chi connectivity index (χ2v) is 9.59. The lowest BCUT2D eigenvalue weighted by Gasteiger charge is -2.19. The molecule has 4 aromatic rings. The molecule has 0 unspecified atom stereocenters. The summed E-state index contributed by atoms with van der Waals surface area (Å²) in [5.74, 6) is -0.342. The van der Waals surface area contributed by atoms with Crippen LogP contribution in [0.2, 0.25) is 5.02 Å². The second kappa shape index (κ2) is 9.32. The van der Waals surface area contributed by atoms with Crippen molar-refractivity contribution >= 4 is 40.1 Å². The van der Waals surface area contributed by atoms with E-state index in [9.17, 15) is 9.59 Å². The number of carbonyl (C=O) groups is 2. The number of aryl methyl sites for hydroxylation is 2. The minimum Gasteiger partial charge on any atom is -0.467 e. The number of carbonyl (C=O) groups excluding carboxylic acids is 2. The van der Waals surface area contributed by atoms with E-state index in [4.69, 9.17) is 20.8 Å². The van der Waals surface area contributed by atoms with Gasteiger partial charge in [0.15, 0.2) is 6.61 Å². The van der Waals surface area contributed by atoms with Gasteiger partial charge in [-0.2, -0.15) is 5.10 Å². The smallest absolute Gasteiger partial charge is 0.338 e. The third kappa shape index (κ3) is 4.20. The summed E-state index contributed by atoms with van der Waals surface area (Å²) in [5.41, 5.74) is 5.59. The van der Waals surface area contributed by atoms with Crippen molar-refractivity contribution in [2.45, 2.75) is 38.1 Å². The van der Waals surface area contributed by atoms with E-state index in [1.54, 1.807) is 30.5 Å². The molecule has 7 nitrogen and oxygen atoms in total. The Labute approximate surface area is 212 Å². The Morgan fingerprint density at radius 1 is 1.11 bits per heavy atom. The van der Waals surface area contributed by atoms with E-state index in [0.717, 1.165) is 41.4 Å². The lowest BCUT2D eigenvalue weighted by atomic mass is 9.95. The molecule has 36 heavy (non-hydrogen) atoms. The second-order valence-electron chi connectivity index (χ2n) is 9.15. The van der Waals surface area contributed by atoms with Crippen LogP contribution in [0.1, 0.15) is 58.2 Å². The highest BCUT2D eigenvalue weighted by molar-refractivity contribution is 6.30. The normalized spacial score (nSPS) is 17.2. The van der Waals surface area contributed by atoms with Gasteiger partial charge in [0, 0.05) is 28.0 Å². The topological polar surface area (TPSA) is 87.9 Å². The highest BCUT2D eigenvalue weighted by Gasteiger charge is 2.35. The molecule has 1 amide bonds. The zero-order valence-corrected chi connectivity index (χ0v) is 20.3. The van der Waals surface area contributed by atoms with E-state index in [2.05, 4.69) is 10.1 Å². The molecule has 0 saturated carbocycles. The quantitative estimate of drug-likeness (QED) is 0.348. The fourth-order valence-corrected chi connectivity index (χ4v) is 5.20. The summed E-state index contributed by atoms with van der Waals surface area (Å²) in [6, 6.07) is 16.0. The van der Waals surface area contributed by atoms with Crippen LogP contribution in [0.15, 0.2) is 70.4 Å². The van der Waals surface area contributed by atoms with Gasteiger partial charge in [-0.15, -0.1) is 0 Å². The van der Waals surface area contributed by atoms with Gasteiger partial charge in [0.05, 0.1) is 17.5 Å². The Morgan fingerprint density at radius 2 is 1.94 bits per heavy atom. The van der Waals surface area contributed by atoms with Gasteiger partial charge in [0.1, 0.15) is 11.8 Å². The molecule has 2 aliphatic rings. The van der Waals surface area contributed by atoms with E-state index in [1.807, 2.05) is 30.3 Å². The molecule has 0 saturated heterocycles. The van der Waals surface area contributed by atoms with Crippen LogP contribution < -0.4 is 0 Å². The zero-order chi connectivity index (χ0) is 24.6. The van der Waals surface area contributed by atoms with Crippen molar-refractivity contribution in [3.63, 3.8) is 0 Å². The summed E-state index contributed by atoms with van der Waals surface area (Å²) in [4.78, 5) is 29.5. The number of nitrogens with zero attached hydrogens (tertiary/aromatic N) is 2. The zero-order valence-electron chi connectivity index (χ0n) is 19.5. The van der Waals surface area contributed by atoms with Gasteiger partial charge >= 0.3 is 5.97 Å². The number of esters is 1. The molecule has 1 aliphatic heterocycles. The van der Waals surface area contributed by atoms with Gasteiger partial charge < -0.3 is 14.1 Å². The molecule has 0 bridgehead atoms. The summed E-state index contributed by atoms with van der Waals surface area (Å²) in [6.07, 6.45) is 6.40. The van der Waals surface area contributed by atoms with E-state index >= 15 is 0 Å². The Kier molecular flexibility index (Phi) is 5.85. The van der Waals surface area contributed by atoms with Gasteiger partial charge in [-0.3, -0.25) is 4.79 Å². The SMILES string of the molecule is O=C(OCC(=O)N1N=C(c2ccc(Cl)cc2)C[C@@H]1c1ccco1)c1ccc2[nH]c3c(c2c1)CCCC3. The number of halogens is 1. The van der Waals surface area contributed by atoms with Crippen LogP contribution in [-0.2, 0) is 22.4 Å². The standard InChI is InChI=1S/C28H24ClN3O4/c29-19-10-7-17(8-11-19)24-15-25(26-6-3-13-35-26)32(31-24)27(33)16-36-28(34)18-9-12-23-21(14-18)20-4-1-2-5-22(20)30-23/h3,6-14,25,30H,1-2,4-5,15-16H2/t25-/m1/s1. The molecular formula is C28H24ClN3O4. The van der Waals surface area contributed by atoms with Gasteiger partial charge in [-0.05, 0) is 79.3 Å². The van der Waals surface area contributed by atoms with Crippen LogP contribution in [0.3, 0.4) is 0 Å². The fourth-order valence-electron chi connectivity index (χ4n) is 5.07. The number of amides is 1. The van der Waals surface area contributed by atoms with Crippen LogP contribution in [0.5, 0.6) is 0 Å². The summed E-state index contributed by atoms with van der Waals surface area (Å²) in [6.45, 7) is -0.420. The van der Waals surface area contributed by atoms with Crippen LogP contribution >= 0.6 is 11.6 Å². The van der Waals surface area contributed by atoms with Gasteiger partial charge in [0.25, 0.3) is 5.91 Å². The van der Waals surface area contributed by atoms with Crippen LogP contribution in [-0.4, -0.2) is 34.2 Å². The number of aromatic amines is 1. The molecular weight excluding hydrogens is 478 g/mol. The van der Waals surface area contributed by atoms with Crippen molar-refractivity contribution in [2.24, 2.45) is 5.10 Å². The predicted octanol–water partition coefficient (Wildman–Crippen LogP) is 5.83. The van der Waals surface area contributed by atoms with Crippen molar-refractivity contribution in [1.82, 2.24) is 9.99 Å². The van der Waals surface area contributed by atoms with Crippen molar-refractivity contribution < 1.29 is 18.7 Å². The first-order valence-corrected chi connectivity index (χ1v) is 12.4. The average molecular weight is 502 g/mol. The summed E-state index contributed by atoms with van der Waals surface area (Å²) >= 11 is 6.02. The molecule has 6 rings (SSSR count). The molecule has 182 valence electrons. The van der Waals surface area contributed by atoms with Crippen LogP contribution in [0.4, 0.5) is 0 Å². The third-order valence-corrected chi connectivity index (χ3v) is 7.13. The number of furan rings is 1. The number of hydrogen-bond donors (Lipinski definition) is 1. The lowest BCUT2D eigenvalue weighted by Crippen LogP contribution is -2.31. The molecule has 1 atom stereocenters. The minimum absolute atomic E-state index is 0.417. The predicted molar refractivity (Wildman–Crippen MR) is 136 cm³/mol. The highest BCUT2D eigenvalue weighted by atomic mass is 35.5. The molecule has 0 fully saturated rings. The van der Waals surface area contributed by atoms with Gasteiger partial charge in [-0.25, -0.2) is 9.80 Å². The number of hydrazone groups is 1. The molecule has 1 aliphatic carbocycles. The Bertz CT molecular complexity index is 1470. The Balaban J connectivity index is 1.19. The number of benzene rings is 2. The monoisotopic (exact) mass is 501 g/mol. The van der Waals surface area contributed by atoms with Crippen molar-refractivity contribution in [3.8, 4) is 0 Å². The number of aromatic nitrogens is 1. The molecule has 0 spiro atoms. The molecule has 1 N–H and O–H groups in total. The van der Waals surface area contributed by atoms with Crippen molar-refractivity contribution in [2.75, 3.05) is 6.61 Å². The number of rotatable bonds is 5.